The van der Waals surface area contributed by atoms with E-state index < -0.39 is 6.36 Å². The molecule has 2 aromatic rings. The number of nitrogens with two attached hydrogens (primary N) is 1. The van der Waals surface area contributed by atoms with E-state index in [0.29, 0.717) is 12.2 Å². The highest BCUT2D eigenvalue weighted by Crippen LogP contribution is 2.24. The monoisotopic (exact) mass is 392 g/mol. The summed E-state index contributed by atoms with van der Waals surface area (Å²) in [5, 5.41) is 2.86. The molecular formula is C20H23F3N4O. The molecule has 0 spiro atoms. The highest BCUT2D eigenvalue weighted by Gasteiger charge is 2.30. The lowest BCUT2D eigenvalue weighted by atomic mass is 10.00. The maximum absolute atomic E-state index is 12.2. The minimum absolute atomic E-state index is 0.230. The number of anilines is 1. The number of nitrogens with zero attached hydrogens (tertiary/aromatic N) is 2. The van der Waals surface area contributed by atoms with Gasteiger partial charge in [-0.1, -0.05) is 24.3 Å². The van der Waals surface area contributed by atoms with Gasteiger partial charge in [0, 0.05) is 31.9 Å². The number of alkyl halides is 3. The normalized spacial score (nSPS) is 15.2. The lowest BCUT2D eigenvalue weighted by molar-refractivity contribution is -0.274. The quantitative estimate of drug-likeness (QED) is 0.446. The second kappa shape index (κ2) is 8.97. The van der Waals surface area contributed by atoms with Crippen LogP contribution in [0.2, 0.25) is 0 Å². The van der Waals surface area contributed by atoms with Crippen LogP contribution >= 0.6 is 0 Å². The third-order valence-corrected chi connectivity index (χ3v) is 4.48. The topological polar surface area (TPSA) is 62.9 Å². The summed E-state index contributed by atoms with van der Waals surface area (Å²) >= 11 is 0. The molecule has 3 N–H and O–H groups in total. The van der Waals surface area contributed by atoms with Crippen LogP contribution < -0.4 is 15.8 Å². The Labute approximate surface area is 162 Å². The fourth-order valence-corrected chi connectivity index (χ4v) is 3.17. The zero-order valence-electron chi connectivity index (χ0n) is 15.4. The molecule has 1 heterocycles. The van der Waals surface area contributed by atoms with Crippen LogP contribution in [0.25, 0.3) is 0 Å². The Kier molecular flexibility index (Phi) is 6.41. The molecule has 2 aromatic carbocycles. The van der Waals surface area contributed by atoms with E-state index in [1.165, 1.54) is 35.4 Å². The molecule has 0 aliphatic carbocycles. The summed E-state index contributed by atoms with van der Waals surface area (Å²) in [6, 6.07) is 13.9. The highest BCUT2D eigenvalue weighted by molar-refractivity contribution is 5.92. The summed E-state index contributed by atoms with van der Waals surface area (Å²) in [7, 11) is 0. The van der Waals surface area contributed by atoms with Crippen molar-refractivity contribution < 1.29 is 17.9 Å². The van der Waals surface area contributed by atoms with Crippen LogP contribution in [0.4, 0.5) is 18.9 Å². The van der Waals surface area contributed by atoms with Gasteiger partial charge in [0.05, 0.1) is 0 Å². The van der Waals surface area contributed by atoms with Crippen LogP contribution in [0.15, 0.2) is 53.5 Å². The minimum Gasteiger partial charge on any atom is -0.406 e. The van der Waals surface area contributed by atoms with Crippen LogP contribution in [0.5, 0.6) is 5.75 Å². The predicted octanol–water partition coefficient (Wildman–Crippen LogP) is 3.76. The van der Waals surface area contributed by atoms with Gasteiger partial charge in [0.15, 0.2) is 5.96 Å². The second-order valence-electron chi connectivity index (χ2n) is 6.61. The number of fused-ring (bicyclic) bond motifs is 1. The molecule has 0 atom stereocenters. The van der Waals surface area contributed by atoms with Gasteiger partial charge in [-0.15, -0.1) is 13.2 Å². The summed E-state index contributed by atoms with van der Waals surface area (Å²) in [6.07, 6.45) is -2.76. The number of ether oxygens (including phenoxy) is 1. The first-order valence-corrected chi connectivity index (χ1v) is 9.11. The van der Waals surface area contributed by atoms with Crippen molar-refractivity contribution in [2.45, 2.75) is 25.7 Å². The fraction of sp³-hybridized carbons (Fsp3) is 0.350. The summed E-state index contributed by atoms with van der Waals surface area (Å²) in [4.78, 5) is 6.68. The highest BCUT2D eigenvalue weighted by atomic mass is 19.4. The Morgan fingerprint density at radius 2 is 1.82 bits per heavy atom. The maximum atomic E-state index is 12.2. The Bertz CT molecular complexity index is 806. The molecule has 8 heteroatoms. The number of halogens is 3. The van der Waals surface area contributed by atoms with E-state index in [-0.39, 0.29) is 11.7 Å². The minimum atomic E-state index is -4.70. The zero-order valence-corrected chi connectivity index (χ0v) is 15.4. The van der Waals surface area contributed by atoms with Crippen LogP contribution in [-0.2, 0) is 13.0 Å². The molecule has 150 valence electrons. The molecule has 0 bridgehead atoms. The number of hydrogen-bond donors (Lipinski definition) is 2. The Morgan fingerprint density at radius 1 is 1.11 bits per heavy atom. The van der Waals surface area contributed by atoms with Crippen molar-refractivity contribution in [2.24, 2.45) is 10.7 Å². The van der Waals surface area contributed by atoms with Crippen molar-refractivity contribution in [3.05, 3.63) is 59.7 Å². The number of hydrogen-bond acceptors (Lipinski definition) is 3. The number of rotatable bonds is 6. The van der Waals surface area contributed by atoms with Crippen molar-refractivity contribution in [1.29, 1.82) is 0 Å². The van der Waals surface area contributed by atoms with Gasteiger partial charge in [0.25, 0.3) is 0 Å². The number of nitrogens with one attached hydrogen (secondary N) is 1. The van der Waals surface area contributed by atoms with Crippen LogP contribution in [0.3, 0.4) is 0 Å². The second-order valence-corrected chi connectivity index (χ2v) is 6.61. The molecule has 0 fully saturated rings. The molecule has 0 radical (unpaired) electrons. The Hall–Kier alpha value is -2.74. The molecule has 1 aliphatic rings. The lowest BCUT2D eigenvalue weighted by Crippen LogP contribution is -2.31. The number of benzene rings is 2. The average molecular weight is 392 g/mol. The first-order valence-electron chi connectivity index (χ1n) is 9.11. The first kappa shape index (κ1) is 20.0. The molecule has 1 aliphatic heterocycles. The van der Waals surface area contributed by atoms with Crippen molar-refractivity contribution in [1.82, 2.24) is 4.90 Å². The third-order valence-electron chi connectivity index (χ3n) is 4.48. The summed E-state index contributed by atoms with van der Waals surface area (Å²) in [5.41, 5.74) is 9.20. The largest absolute Gasteiger partial charge is 0.573 e. The predicted molar refractivity (Wildman–Crippen MR) is 103 cm³/mol. The van der Waals surface area contributed by atoms with Gasteiger partial charge in [-0.3, -0.25) is 9.89 Å². The van der Waals surface area contributed by atoms with E-state index in [2.05, 4.69) is 44.2 Å². The van der Waals surface area contributed by atoms with E-state index in [1.807, 2.05) is 0 Å². The van der Waals surface area contributed by atoms with Crippen molar-refractivity contribution in [3.63, 3.8) is 0 Å². The van der Waals surface area contributed by atoms with Gasteiger partial charge in [-0.25, -0.2) is 0 Å². The molecule has 0 saturated heterocycles. The van der Waals surface area contributed by atoms with Gasteiger partial charge in [-0.2, -0.15) is 0 Å². The smallest absolute Gasteiger partial charge is 0.406 e. The Balaban J connectivity index is 1.40. The molecule has 5 nitrogen and oxygen atoms in total. The first-order chi connectivity index (χ1) is 13.4. The van der Waals surface area contributed by atoms with E-state index in [4.69, 9.17) is 5.73 Å². The molecule has 28 heavy (non-hydrogen) atoms. The van der Waals surface area contributed by atoms with Crippen LogP contribution in [-0.4, -0.2) is 36.9 Å². The maximum Gasteiger partial charge on any atom is 0.573 e. The molecule has 0 saturated carbocycles. The SMILES string of the molecule is NC(=NCCCN1CCc2ccccc2C1)Nc1ccc(OC(F)(F)F)cc1. The standard InChI is InChI=1S/C20H23F3N4O/c21-20(22,23)28-18-8-6-17(7-9-18)26-19(24)25-11-3-12-27-13-10-15-4-1-2-5-16(15)14-27/h1-2,4-9H,3,10-14H2,(H3,24,25,26). The van der Waals surface area contributed by atoms with E-state index in [9.17, 15) is 13.2 Å². The van der Waals surface area contributed by atoms with E-state index in [1.54, 1.807) is 0 Å². The van der Waals surface area contributed by atoms with Gasteiger partial charge < -0.3 is 15.8 Å². The fourth-order valence-electron chi connectivity index (χ4n) is 3.17. The zero-order chi connectivity index (χ0) is 20.0. The van der Waals surface area contributed by atoms with Crippen LogP contribution in [0.1, 0.15) is 17.5 Å². The van der Waals surface area contributed by atoms with Crippen molar-refractivity contribution >= 4 is 11.6 Å². The molecular weight excluding hydrogens is 369 g/mol. The molecule has 0 aromatic heterocycles. The average Bonchev–Trinajstić information content (AvgIpc) is 2.65. The van der Waals surface area contributed by atoms with Crippen LogP contribution in [0, 0.1) is 0 Å². The number of aliphatic imine (C=N–C) groups is 1. The molecule has 0 amide bonds. The number of guanidine groups is 1. The van der Waals surface area contributed by atoms with Crippen molar-refractivity contribution in [2.75, 3.05) is 25.0 Å². The van der Waals surface area contributed by atoms with E-state index >= 15 is 0 Å². The summed E-state index contributed by atoms with van der Waals surface area (Å²) in [6.45, 7) is 3.52. The summed E-state index contributed by atoms with van der Waals surface area (Å²) < 4.78 is 40.3. The molecule has 3 rings (SSSR count). The van der Waals surface area contributed by atoms with Gasteiger partial charge in [0.2, 0.25) is 0 Å². The third kappa shape index (κ3) is 6.16. The van der Waals surface area contributed by atoms with Crippen molar-refractivity contribution in [3.8, 4) is 5.75 Å². The van der Waals surface area contributed by atoms with E-state index in [0.717, 1.165) is 32.5 Å². The van der Waals surface area contributed by atoms with Gasteiger partial charge in [0.1, 0.15) is 5.75 Å². The lowest BCUT2D eigenvalue weighted by Gasteiger charge is -2.28. The molecule has 0 unspecified atom stereocenters. The summed E-state index contributed by atoms with van der Waals surface area (Å²) in [5.74, 6) is -0.0508. The van der Waals surface area contributed by atoms with Gasteiger partial charge in [-0.05, 0) is 48.2 Å². The Morgan fingerprint density at radius 3 is 2.54 bits per heavy atom. The van der Waals surface area contributed by atoms with Gasteiger partial charge >= 0.3 is 6.36 Å².